The van der Waals surface area contributed by atoms with Crippen LogP contribution in [-0.4, -0.2) is 20.9 Å². The number of halogens is 1. The van der Waals surface area contributed by atoms with Crippen LogP contribution in [0.25, 0.3) is 0 Å². The van der Waals surface area contributed by atoms with Crippen molar-refractivity contribution in [2.75, 3.05) is 6.54 Å². The zero-order chi connectivity index (χ0) is 16.2. The maximum Gasteiger partial charge on any atom is 0.219 e. The first-order valence-corrected chi connectivity index (χ1v) is 9.17. The molecule has 4 nitrogen and oxygen atoms in total. The van der Waals surface area contributed by atoms with E-state index in [4.69, 9.17) is 0 Å². The smallest absolute Gasteiger partial charge is 0.219 e. The molecule has 1 aromatic heterocycles. The summed E-state index contributed by atoms with van der Waals surface area (Å²) in [6.45, 7) is 1.65. The number of hydrogen-bond donors (Lipinski definition) is 1. The third kappa shape index (κ3) is 3.72. The quantitative estimate of drug-likeness (QED) is 0.879. The van der Waals surface area contributed by atoms with Gasteiger partial charge >= 0.3 is 0 Å². The highest BCUT2D eigenvalue weighted by Crippen LogP contribution is 2.31. The molecule has 0 aliphatic rings. The largest absolute Gasteiger partial charge is 0.354 e. The van der Waals surface area contributed by atoms with Crippen LogP contribution in [0.15, 0.2) is 46.0 Å². The van der Waals surface area contributed by atoms with E-state index < -0.39 is 20.9 Å². The predicted molar refractivity (Wildman–Crippen MR) is 83.9 cm³/mol. The third-order valence-electron chi connectivity index (χ3n) is 3.20. The molecule has 1 amide bonds. The average molecular weight is 341 g/mol. The minimum atomic E-state index is -3.65. The van der Waals surface area contributed by atoms with Crippen molar-refractivity contribution in [3.05, 3.63) is 53.2 Å². The number of carbonyl (C=O) groups excluding carboxylic acids is 1. The lowest BCUT2D eigenvalue weighted by Gasteiger charge is -2.18. The maximum atomic E-state index is 13.1. The standard InChI is InChI=1S/C15H16FNO3S2/c1-2-14(18)17-10-13(11-5-7-12(16)8-6-11)22(19,20)15-4-3-9-21-15/h3-9,13H,2,10H2,1H3,(H,17,18)/t13-/m0/s1. The molecular weight excluding hydrogens is 325 g/mol. The highest BCUT2D eigenvalue weighted by Gasteiger charge is 2.30. The van der Waals surface area contributed by atoms with Gasteiger partial charge in [-0.3, -0.25) is 4.79 Å². The molecule has 0 radical (unpaired) electrons. The molecule has 1 atom stereocenters. The van der Waals surface area contributed by atoms with Gasteiger partial charge in [-0.2, -0.15) is 0 Å². The predicted octanol–water partition coefficient (Wildman–Crippen LogP) is 2.93. The molecule has 118 valence electrons. The second-order valence-corrected chi connectivity index (χ2v) is 7.98. The highest BCUT2D eigenvalue weighted by atomic mass is 32.2. The molecule has 0 aliphatic heterocycles. The number of sulfone groups is 1. The van der Waals surface area contributed by atoms with Gasteiger partial charge in [0.15, 0.2) is 9.84 Å². The fraction of sp³-hybridized carbons (Fsp3) is 0.267. The van der Waals surface area contributed by atoms with E-state index in [-0.39, 0.29) is 23.1 Å². The number of rotatable bonds is 6. The molecular formula is C15H16FNO3S2. The Hall–Kier alpha value is -1.73. The molecule has 1 N–H and O–H groups in total. The molecule has 0 spiro atoms. The second kappa shape index (κ2) is 7.02. The lowest BCUT2D eigenvalue weighted by Crippen LogP contribution is -2.31. The Bertz CT molecular complexity index is 725. The Labute approximate surface area is 132 Å². The van der Waals surface area contributed by atoms with Crippen LogP contribution in [0.5, 0.6) is 0 Å². The summed E-state index contributed by atoms with van der Waals surface area (Å²) < 4.78 is 38.8. The summed E-state index contributed by atoms with van der Waals surface area (Å²) in [4.78, 5) is 11.5. The van der Waals surface area contributed by atoms with Crippen LogP contribution in [0.2, 0.25) is 0 Å². The lowest BCUT2D eigenvalue weighted by molar-refractivity contribution is -0.120. The number of amides is 1. The SMILES string of the molecule is CCC(=O)NC[C@@H](c1ccc(F)cc1)S(=O)(=O)c1cccs1. The normalized spacial score (nSPS) is 12.8. The summed E-state index contributed by atoms with van der Waals surface area (Å²) in [5, 5.41) is 3.34. The van der Waals surface area contributed by atoms with Gasteiger partial charge in [-0.1, -0.05) is 25.1 Å². The molecule has 0 saturated heterocycles. The van der Waals surface area contributed by atoms with E-state index in [1.54, 1.807) is 18.4 Å². The van der Waals surface area contributed by atoms with Gasteiger partial charge in [-0.25, -0.2) is 12.8 Å². The summed E-state index contributed by atoms with van der Waals surface area (Å²) >= 11 is 1.12. The first-order valence-electron chi connectivity index (χ1n) is 6.74. The summed E-state index contributed by atoms with van der Waals surface area (Å²) in [5.41, 5.74) is 0.450. The molecule has 0 unspecified atom stereocenters. The average Bonchev–Trinajstić information content (AvgIpc) is 3.04. The zero-order valence-electron chi connectivity index (χ0n) is 12.0. The Morgan fingerprint density at radius 2 is 1.95 bits per heavy atom. The molecule has 2 rings (SSSR count). The molecule has 0 saturated carbocycles. The van der Waals surface area contributed by atoms with E-state index in [0.29, 0.717) is 5.56 Å². The van der Waals surface area contributed by atoms with Crippen molar-refractivity contribution in [1.29, 1.82) is 0 Å². The zero-order valence-corrected chi connectivity index (χ0v) is 13.6. The van der Waals surface area contributed by atoms with Gasteiger partial charge in [0.05, 0.1) is 0 Å². The van der Waals surface area contributed by atoms with Crippen LogP contribution in [0.1, 0.15) is 24.2 Å². The Morgan fingerprint density at radius 3 is 2.50 bits per heavy atom. The summed E-state index contributed by atoms with van der Waals surface area (Å²) in [7, 11) is -3.65. The second-order valence-electron chi connectivity index (χ2n) is 4.67. The molecule has 0 bridgehead atoms. The van der Waals surface area contributed by atoms with Gasteiger partial charge in [-0.05, 0) is 29.1 Å². The van der Waals surface area contributed by atoms with Gasteiger partial charge in [0.25, 0.3) is 0 Å². The first kappa shape index (κ1) is 16.6. The number of hydrogen-bond acceptors (Lipinski definition) is 4. The lowest BCUT2D eigenvalue weighted by atomic mass is 10.1. The van der Waals surface area contributed by atoms with Crippen LogP contribution in [0.3, 0.4) is 0 Å². The van der Waals surface area contributed by atoms with Crippen molar-refractivity contribution in [1.82, 2.24) is 5.32 Å². The Kier molecular flexibility index (Phi) is 5.31. The third-order valence-corrected chi connectivity index (χ3v) is 6.73. The van der Waals surface area contributed by atoms with Crippen LogP contribution < -0.4 is 5.32 Å². The van der Waals surface area contributed by atoms with Crippen LogP contribution in [0.4, 0.5) is 4.39 Å². The van der Waals surface area contributed by atoms with E-state index in [9.17, 15) is 17.6 Å². The molecule has 1 aromatic carbocycles. The van der Waals surface area contributed by atoms with Crippen LogP contribution in [0, 0.1) is 5.82 Å². The number of benzene rings is 1. The Morgan fingerprint density at radius 1 is 1.27 bits per heavy atom. The van der Waals surface area contributed by atoms with E-state index in [1.165, 1.54) is 30.3 Å². The topological polar surface area (TPSA) is 63.2 Å². The summed E-state index contributed by atoms with van der Waals surface area (Å²) in [6, 6.07) is 8.48. The fourth-order valence-corrected chi connectivity index (χ4v) is 4.85. The van der Waals surface area contributed by atoms with Gasteiger partial charge in [0, 0.05) is 13.0 Å². The molecule has 2 aromatic rings. The fourth-order valence-electron chi connectivity index (χ4n) is 1.98. The van der Waals surface area contributed by atoms with Gasteiger partial charge in [0.1, 0.15) is 15.3 Å². The van der Waals surface area contributed by atoms with E-state index in [2.05, 4.69) is 5.32 Å². The van der Waals surface area contributed by atoms with Crippen molar-refractivity contribution < 1.29 is 17.6 Å². The summed E-state index contributed by atoms with van der Waals surface area (Å²) in [5.74, 6) is -0.665. The first-order chi connectivity index (χ1) is 10.4. The molecule has 22 heavy (non-hydrogen) atoms. The van der Waals surface area contributed by atoms with E-state index in [0.717, 1.165) is 11.3 Å². The Balaban J connectivity index is 2.37. The highest BCUT2D eigenvalue weighted by molar-refractivity contribution is 7.93. The number of carbonyl (C=O) groups is 1. The monoisotopic (exact) mass is 341 g/mol. The van der Waals surface area contributed by atoms with E-state index >= 15 is 0 Å². The molecule has 7 heteroatoms. The minimum absolute atomic E-state index is 0.0431. The van der Waals surface area contributed by atoms with Crippen molar-refractivity contribution in [3.8, 4) is 0 Å². The van der Waals surface area contributed by atoms with Gasteiger partial charge in [0.2, 0.25) is 5.91 Å². The van der Waals surface area contributed by atoms with E-state index in [1.807, 2.05) is 0 Å². The van der Waals surface area contributed by atoms with Crippen molar-refractivity contribution in [2.24, 2.45) is 0 Å². The summed E-state index contributed by atoms with van der Waals surface area (Å²) in [6.07, 6.45) is 0.273. The van der Waals surface area contributed by atoms with Crippen molar-refractivity contribution >= 4 is 27.1 Å². The van der Waals surface area contributed by atoms with Crippen molar-refractivity contribution in [2.45, 2.75) is 22.8 Å². The van der Waals surface area contributed by atoms with Crippen LogP contribution in [-0.2, 0) is 14.6 Å². The maximum absolute atomic E-state index is 13.1. The minimum Gasteiger partial charge on any atom is -0.354 e. The number of nitrogens with one attached hydrogen (secondary N) is 1. The molecule has 0 fully saturated rings. The molecule has 0 aliphatic carbocycles. The van der Waals surface area contributed by atoms with Gasteiger partial charge in [-0.15, -0.1) is 11.3 Å². The van der Waals surface area contributed by atoms with Gasteiger partial charge < -0.3 is 5.32 Å². The molecule has 1 heterocycles. The number of thiophene rings is 1. The van der Waals surface area contributed by atoms with Crippen LogP contribution >= 0.6 is 11.3 Å². The van der Waals surface area contributed by atoms with Crippen molar-refractivity contribution in [3.63, 3.8) is 0 Å².